The molecule has 0 saturated carbocycles. The molecule has 3 rings (SSSR count). The quantitative estimate of drug-likeness (QED) is 0.615. The van der Waals surface area contributed by atoms with Crippen LogP contribution in [-0.4, -0.2) is 18.7 Å². The van der Waals surface area contributed by atoms with Crippen LogP contribution < -0.4 is 5.32 Å². The number of halogens is 2. The largest absolute Gasteiger partial charge is 0.386 e. The first-order valence-corrected chi connectivity index (χ1v) is 8.87. The van der Waals surface area contributed by atoms with E-state index in [1.54, 1.807) is 18.2 Å². The van der Waals surface area contributed by atoms with E-state index in [4.69, 9.17) is 28.0 Å². The van der Waals surface area contributed by atoms with Crippen LogP contribution in [0.5, 0.6) is 0 Å². The van der Waals surface area contributed by atoms with Crippen molar-refractivity contribution in [2.24, 2.45) is 5.16 Å². The molecule has 2 aromatic carbocycles. The molecule has 4 nitrogen and oxygen atoms in total. The van der Waals surface area contributed by atoms with Crippen LogP contribution in [0.3, 0.4) is 0 Å². The van der Waals surface area contributed by atoms with Gasteiger partial charge in [0.2, 0.25) is 0 Å². The van der Waals surface area contributed by atoms with E-state index in [9.17, 15) is 4.79 Å². The van der Waals surface area contributed by atoms with Crippen molar-refractivity contribution in [1.82, 2.24) is 5.32 Å². The third-order valence-corrected chi connectivity index (χ3v) is 4.98. The highest BCUT2D eigenvalue weighted by molar-refractivity contribution is 6.43. The summed E-state index contributed by atoms with van der Waals surface area (Å²) in [5.41, 5.74) is 3.13. The number of benzene rings is 2. The van der Waals surface area contributed by atoms with E-state index >= 15 is 0 Å². The van der Waals surface area contributed by atoms with Gasteiger partial charge in [-0.1, -0.05) is 64.8 Å². The number of oxime groups is 1. The highest BCUT2D eigenvalue weighted by Gasteiger charge is 2.21. The van der Waals surface area contributed by atoms with Crippen molar-refractivity contribution in [3.8, 4) is 0 Å². The van der Waals surface area contributed by atoms with Crippen molar-refractivity contribution in [1.29, 1.82) is 0 Å². The Balaban J connectivity index is 1.52. The zero-order valence-electron chi connectivity index (χ0n) is 13.5. The van der Waals surface area contributed by atoms with Gasteiger partial charge in [0.25, 0.3) is 5.91 Å². The second kappa shape index (κ2) is 8.37. The second-order valence-electron chi connectivity index (χ2n) is 5.86. The molecule has 0 heterocycles. The molecule has 0 radical (unpaired) electrons. The molecular formula is C19H18Cl2N2O2. The lowest BCUT2D eigenvalue weighted by Crippen LogP contribution is -2.33. The number of hydrogen-bond donors (Lipinski definition) is 1. The van der Waals surface area contributed by atoms with E-state index in [0.29, 0.717) is 15.6 Å². The van der Waals surface area contributed by atoms with Gasteiger partial charge in [0.05, 0.1) is 22.3 Å². The van der Waals surface area contributed by atoms with Crippen LogP contribution in [0.15, 0.2) is 47.6 Å². The van der Waals surface area contributed by atoms with Crippen LogP contribution in [0.4, 0.5) is 0 Å². The number of hydrogen-bond acceptors (Lipinski definition) is 3. The van der Waals surface area contributed by atoms with Crippen molar-refractivity contribution < 1.29 is 9.63 Å². The van der Waals surface area contributed by atoms with Crippen LogP contribution in [0.2, 0.25) is 10.0 Å². The van der Waals surface area contributed by atoms with Gasteiger partial charge in [-0.05, 0) is 36.5 Å². The van der Waals surface area contributed by atoms with E-state index in [-0.39, 0.29) is 18.6 Å². The fourth-order valence-corrected chi connectivity index (χ4v) is 3.31. The lowest BCUT2D eigenvalue weighted by atomic mass is 9.88. The molecule has 130 valence electrons. The van der Waals surface area contributed by atoms with Gasteiger partial charge >= 0.3 is 0 Å². The van der Waals surface area contributed by atoms with E-state index in [2.05, 4.69) is 22.6 Å². The molecule has 0 bridgehead atoms. The Hall–Kier alpha value is -2.04. The summed E-state index contributed by atoms with van der Waals surface area (Å²) in [6, 6.07) is 13.5. The first kappa shape index (κ1) is 17.8. The average Bonchev–Trinajstić information content (AvgIpc) is 2.62. The van der Waals surface area contributed by atoms with E-state index in [1.807, 2.05) is 12.1 Å². The van der Waals surface area contributed by atoms with E-state index < -0.39 is 0 Å². The van der Waals surface area contributed by atoms with Gasteiger partial charge in [0.1, 0.15) is 0 Å². The highest BCUT2D eigenvalue weighted by Crippen LogP contribution is 2.29. The van der Waals surface area contributed by atoms with Gasteiger partial charge in [0.15, 0.2) is 6.61 Å². The molecule has 0 fully saturated rings. The van der Waals surface area contributed by atoms with Gasteiger partial charge in [-0.2, -0.15) is 0 Å². The molecule has 0 aliphatic heterocycles. The molecular weight excluding hydrogens is 359 g/mol. The SMILES string of the molecule is O=C(CO/N=C\c1cccc(Cl)c1Cl)N[C@H]1CCCc2ccccc21. The summed E-state index contributed by atoms with van der Waals surface area (Å²) in [6.07, 6.45) is 4.50. The Morgan fingerprint density at radius 2 is 2.08 bits per heavy atom. The predicted octanol–water partition coefficient (Wildman–Crippen LogP) is 4.54. The normalized spacial score (nSPS) is 16.5. The minimum atomic E-state index is -0.198. The zero-order valence-corrected chi connectivity index (χ0v) is 15.1. The first-order chi connectivity index (χ1) is 12.1. The Kier molecular flexibility index (Phi) is 5.95. The topological polar surface area (TPSA) is 50.7 Å². The van der Waals surface area contributed by atoms with Crippen LogP contribution in [0, 0.1) is 0 Å². The molecule has 1 atom stereocenters. The number of fused-ring (bicyclic) bond motifs is 1. The Morgan fingerprint density at radius 3 is 2.96 bits per heavy atom. The second-order valence-corrected chi connectivity index (χ2v) is 6.65. The monoisotopic (exact) mass is 376 g/mol. The summed E-state index contributed by atoms with van der Waals surface area (Å²) in [7, 11) is 0. The van der Waals surface area contributed by atoms with Crippen molar-refractivity contribution in [3.05, 3.63) is 69.2 Å². The molecule has 2 aromatic rings. The Labute approximate surface area is 156 Å². The smallest absolute Gasteiger partial charge is 0.261 e. The van der Waals surface area contributed by atoms with Crippen LogP contribution >= 0.6 is 23.2 Å². The maximum Gasteiger partial charge on any atom is 0.261 e. The molecule has 1 aliphatic rings. The van der Waals surface area contributed by atoms with Crippen LogP contribution in [-0.2, 0) is 16.1 Å². The number of rotatable bonds is 5. The molecule has 1 N–H and O–H groups in total. The molecule has 0 aromatic heterocycles. The Bertz CT molecular complexity index is 793. The summed E-state index contributed by atoms with van der Waals surface area (Å²) < 4.78 is 0. The van der Waals surface area contributed by atoms with Crippen molar-refractivity contribution in [2.75, 3.05) is 6.61 Å². The number of carbonyl (C=O) groups excluding carboxylic acids is 1. The summed E-state index contributed by atoms with van der Waals surface area (Å²) in [6.45, 7) is -0.145. The highest BCUT2D eigenvalue weighted by atomic mass is 35.5. The maximum absolute atomic E-state index is 12.1. The van der Waals surface area contributed by atoms with Crippen molar-refractivity contribution >= 4 is 35.3 Å². The van der Waals surface area contributed by atoms with Gasteiger partial charge in [0, 0.05) is 5.56 Å². The van der Waals surface area contributed by atoms with Crippen molar-refractivity contribution in [3.63, 3.8) is 0 Å². The van der Waals surface area contributed by atoms with Gasteiger partial charge in [-0.3, -0.25) is 4.79 Å². The number of amides is 1. The zero-order chi connectivity index (χ0) is 17.6. The predicted molar refractivity (Wildman–Crippen MR) is 100 cm³/mol. The molecule has 0 unspecified atom stereocenters. The summed E-state index contributed by atoms with van der Waals surface area (Å²) in [4.78, 5) is 17.2. The molecule has 1 amide bonds. The molecule has 0 spiro atoms. The number of carbonyl (C=O) groups is 1. The van der Waals surface area contributed by atoms with Gasteiger partial charge in [-0.15, -0.1) is 0 Å². The third kappa shape index (κ3) is 4.53. The lowest BCUT2D eigenvalue weighted by Gasteiger charge is -2.26. The average molecular weight is 377 g/mol. The molecule has 1 aliphatic carbocycles. The number of nitrogens with one attached hydrogen (secondary N) is 1. The third-order valence-electron chi connectivity index (χ3n) is 4.15. The summed E-state index contributed by atoms with van der Waals surface area (Å²) in [5, 5.41) is 7.65. The Morgan fingerprint density at radius 1 is 1.24 bits per heavy atom. The maximum atomic E-state index is 12.1. The fraction of sp³-hybridized carbons (Fsp3) is 0.263. The van der Waals surface area contributed by atoms with Gasteiger partial charge in [-0.25, -0.2) is 0 Å². The lowest BCUT2D eigenvalue weighted by molar-refractivity contribution is -0.126. The standard InChI is InChI=1S/C19H18Cl2N2O2/c20-16-9-3-7-14(19(16)21)11-22-25-12-18(24)23-17-10-4-6-13-5-1-2-8-15(13)17/h1-3,5,7-9,11,17H,4,6,10,12H2,(H,23,24)/b22-11-/t17-/m0/s1. The number of nitrogens with zero attached hydrogens (tertiary/aromatic N) is 1. The minimum absolute atomic E-state index is 0.0346. The minimum Gasteiger partial charge on any atom is -0.386 e. The summed E-state index contributed by atoms with van der Waals surface area (Å²) in [5.74, 6) is -0.198. The van der Waals surface area contributed by atoms with Gasteiger partial charge < -0.3 is 10.2 Å². The molecule has 6 heteroatoms. The number of aryl methyl sites for hydroxylation is 1. The summed E-state index contributed by atoms with van der Waals surface area (Å²) >= 11 is 12.0. The van der Waals surface area contributed by atoms with Crippen LogP contribution in [0.1, 0.15) is 35.6 Å². The van der Waals surface area contributed by atoms with Crippen LogP contribution in [0.25, 0.3) is 0 Å². The van der Waals surface area contributed by atoms with Crippen molar-refractivity contribution in [2.45, 2.75) is 25.3 Å². The van der Waals surface area contributed by atoms with E-state index in [0.717, 1.165) is 19.3 Å². The molecule has 0 saturated heterocycles. The molecule has 25 heavy (non-hydrogen) atoms. The first-order valence-electron chi connectivity index (χ1n) is 8.11. The fourth-order valence-electron chi connectivity index (χ4n) is 2.95. The van der Waals surface area contributed by atoms with E-state index in [1.165, 1.54) is 17.3 Å².